The van der Waals surface area contributed by atoms with Gasteiger partial charge in [-0.2, -0.15) is 0 Å². The highest BCUT2D eigenvalue weighted by Crippen LogP contribution is 2.32. The maximum absolute atomic E-state index is 11.1. The molecule has 1 fully saturated rings. The van der Waals surface area contributed by atoms with Crippen molar-refractivity contribution in [3.05, 3.63) is 0 Å². The quantitative estimate of drug-likeness (QED) is 0.657. The average Bonchev–Trinajstić information content (AvgIpc) is 2.78. The third-order valence-electron chi connectivity index (χ3n) is 2.32. The van der Waals surface area contributed by atoms with E-state index in [4.69, 9.17) is 4.74 Å². The molecule has 0 amide bonds. The van der Waals surface area contributed by atoms with E-state index in [1.54, 1.807) is 0 Å². The fourth-order valence-corrected chi connectivity index (χ4v) is 1.47. The zero-order valence-electron chi connectivity index (χ0n) is 8.67. The van der Waals surface area contributed by atoms with Crippen LogP contribution in [0.5, 0.6) is 0 Å². The fraction of sp³-hybridized carbons (Fsp3) is 0.900. The van der Waals surface area contributed by atoms with E-state index in [-0.39, 0.29) is 12.1 Å². The van der Waals surface area contributed by atoms with Crippen LogP contribution in [-0.4, -0.2) is 24.7 Å². The van der Waals surface area contributed by atoms with E-state index in [2.05, 4.69) is 12.2 Å². The van der Waals surface area contributed by atoms with Gasteiger partial charge in [0.25, 0.3) is 0 Å². The molecular formula is C10H19NO2. The molecule has 3 nitrogen and oxygen atoms in total. The molecule has 0 aromatic rings. The molecule has 1 rings (SSSR count). The lowest BCUT2D eigenvalue weighted by Crippen LogP contribution is -2.28. The molecule has 0 heterocycles. The van der Waals surface area contributed by atoms with Crippen LogP contribution in [0.25, 0.3) is 0 Å². The Morgan fingerprint density at radius 2 is 2.31 bits per heavy atom. The van der Waals surface area contributed by atoms with Crippen LogP contribution in [-0.2, 0) is 9.53 Å². The first-order valence-corrected chi connectivity index (χ1v) is 5.06. The number of hydrogen-bond donors (Lipinski definition) is 1. The molecule has 76 valence electrons. The highest BCUT2D eigenvalue weighted by atomic mass is 16.5. The van der Waals surface area contributed by atoms with Gasteiger partial charge >= 0.3 is 5.97 Å². The van der Waals surface area contributed by atoms with Crippen LogP contribution in [0.3, 0.4) is 0 Å². The fourth-order valence-electron chi connectivity index (χ4n) is 1.47. The van der Waals surface area contributed by atoms with Gasteiger partial charge in [0.2, 0.25) is 0 Å². The summed E-state index contributed by atoms with van der Waals surface area (Å²) in [5.41, 5.74) is 0. The number of nitrogens with one attached hydrogen (secondary N) is 1. The SMILES string of the molecule is CCC1CC1NCC(=O)OC(C)C. The Balaban J connectivity index is 2.03. The molecule has 1 aliphatic rings. The second-order valence-corrected chi connectivity index (χ2v) is 3.93. The van der Waals surface area contributed by atoms with E-state index >= 15 is 0 Å². The molecule has 0 aromatic heterocycles. The summed E-state index contributed by atoms with van der Waals surface area (Å²) < 4.78 is 5.00. The molecule has 1 aliphatic carbocycles. The molecule has 13 heavy (non-hydrogen) atoms. The first-order chi connectivity index (χ1) is 6.13. The first-order valence-electron chi connectivity index (χ1n) is 5.06. The second kappa shape index (κ2) is 4.61. The number of ether oxygens (including phenoxy) is 1. The van der Waals surface area contributed by atoms with E-state index in [1.165, 1.54) is 12.8 Å². The third kappa shape index (κ3) is 3.77. The highest BCUT2D eigenvalue weighted by molar-refractivity contribution is 5.71. The average molecular weight is 185 g/mol. The smallest absolute Gasteiger partial charge is 0.320 e. The van der Waals surface area contributed by atoms with Crippen molar-refractivity contribution in [2.45, 2.75) is 45.8 Å². The maximum Gasteiger partial charge on any atom is 0.320 e. The standard InChI is InChI=1S/C10H19NO2/c1-4-8-5-9(8)11-6-10(12)13-7(2)3/h7-9,11H,4-6H2,1-3H3. The van der Waals surface area contributed by atoms with Crippen molar-refractivity contribution < 1.29 is 9.53 Å². The van der Waals surface area contributed by atoms with Gasteiger partial charge in [-0.3, -0.25) is 4.79 Å². The van der Waals surface area contributed by atoms with Gasteiger partial charge in [0.1, 0.15) is 0 Å². The monoisotopic (exact) mass is 185 g/mol. The van der Waals surface area contributed by atoms with Gasteiger partial charge in [-0.05, 0) is 26.2 Å². The predicted octanol–water partition coefficient (Wildman–Crippen LogP) is 1.33. The van der Waals surface area contributed by atoms with Gasteiger partial charge < -0.3 is 10.1 Å². The lowest BCUT2D eigenvalue weighted by molar-refractivity contribution is -0.146. The molecule has 3 heteroatoms. The second-order valence-electron chi connectivity index (χ2n) is 3.93. The molecule has 1 saturated carbocycles. The normalized spacial score (nSPS) is 26.2. The minimum atomic E-state index is -0.142. The molecule has 0 aliphatic heterocycles. The van der Waals surface area contributed by atoms with Gasteiger partial charge in [0, 0.05) is 6.04 Å². The van der Waals surface area contributed by atoms with Crippen LogP contribution >= 0.6 is 0 Å². The topological polar surface area (TPSA) is 38.3 Å². The number of carbonyl (C=O) groups excluding carboxylic acids is 1. The van der Waals surface area contributed by atoms with Crippen LogP contribution in [0.1, 0.15) is 33.6 Å². The van der Waals surface area contributed by atoms with Crippen LogP contribution in [0.4, 0.5) is 0 Å². The van der Waals surface area contributed by atoms with E-state index in [0.29, 0.717) is 12.6 Å². The molecule has 0 aromatic carbocycles. The van der Waals surface area contributed by atoms with Gasteiger partial charge in [0.15, 0.2) is 0 Å². The van der Waals surface area contributed by atoms with E-state index in [0.717, 1.165) is 5.92 Å². The zero-order valence-corrected chi connectivity index (χ0v) is 8.67. The lowest BCUT2D eigenvalue weighted by Gasteiger charge is -2.08. The molecule has 0 saturated heterocycles. The molecule has 2 atom stereocenters. The summed E-state index contributed by atoms with van der Waals surface area (Å²) in [4.78, 5) is 11.1. The van der Waals surface area contributed by atoms with Crippen LogP contribution in [0.2, 0.25) is 0 Å². The van der Waals surface area contributed by atoms with Gasteiger partial charge in [-0.15, -0.1) is 0 Å². The third-order valence-corrected chi connectivity index (χ3v) is 2.32. The summed E-state index contributed by atoms with van der Waals surface area (Å²) in [7, 11) is 0. The van der Waals surface area contributed by atoms with E-state index < -0.39 is 0 Å². The van der Waals surface area contributed by atoms with Crippen molar-refractivity contribution >= 4 is 5.97 Å². The van der Waals surface area contributed by atoms with Crippen molar-refractivity contribution in [2.24, 2.45) is 5.92 Å². The van der Waals surface area contributed by atoms with E-state index in [9.17, 15) is 4.79 Å². The molecule has 0 radical (unpaired) electrons. The number of carbonyl (C=O) groups is 1. The highest BCUT2D eigenvalue weighted by Gasteiger charge is 2.34. The minimum Gasteiger partial charge on any atom is -0.462 e. The molecule has 2 unspecified atom stereocenters. The zero-order chi connectivity index (χ0) is 9.84. The summed E-state index contributed by atoms with van der Waals surface area (Å²) in [6.45, 7) is 6.27. The molecule has 0 bridgehead atoms. The number of esters is 1. The summed E-state index contributed by atoms with van der Waals surface area (Å²) in [5, 5.41) is 3.19. The minimum absolute atomic E-state index is 0.00419. The molecular weight excluding hydrogens is 166 g/mol. The Morgan fingerprint density at radius 1 is 1.62 bits per heavy atom. The summed E-state index contributed by atoms with van der Waals surface area (Å²) in [6, 6.07) is 0.560. The van der Waals surface area contributed by atoms with Crippen molar-refractivity contribution in [2.75, 3.05) is 6.54 Å². The van der Waals surface area contributed by atoms with Crippen molar-refractivity contribution in [3.8, 4) is 0 Å². The predicted molar refractivity (Wildman–Crippen MR) is 51.4 cm³/mol. The summed E-state index contributed by atoms with van der Waals surface area (Å²) in [5.74, 6) is 0.642. The van der Waals surface area contributed by atoms with Gasteiger partial charge in [-0.25, -0.2) is 0 Å². The summed E-state index contributed by atoms with van der Waals surface area (Å²) >= 11 is 0. The summed E-state index contributed by atoms with van der Waals surface area (Å²) in [6.07, 6.45) is 2.41. The molecule has 1 N–H and O–H groups in total. The Bertz CT molecular complexity index is 180. The Hall–Kier alpha value is -0.570. The maximum atomic E-state index is 11.1. The molecule has 0 spiro atoms. The number of rotatable bonds is 5. The van der Waals surface area contributed by atoms with Crippen molar-refractivity contribution in [1.29, 1.82) is 0 Å². The van der Waals surface area contributed by atoms with Crippen LogP contribution < -0.4 is 5.32 Å². The Kier molecular flexibility index (Phi) is 3.72. The van der Waals surface area contributed by atoms with Gasteiger partial charge in [-0.1, -0.05) is 13.3 Å². The lowest BCUT2D eigenvalue weighted by atomic mass is 10.3. The van der Waals surface area contributed by atoms with Crippen LogP contribution in [0.15, 0.2) is 0 Å². The largest absolute Gasteiger partial charge is 0.462 e. The van der Waals surface area contributed by atoms with Crippen LogP contribution in [0, 0.1) is 5.92 Å². The van der Waals surface area contributed by atoms with Crippen molar-refractivity contribution in [1.82, 2.24) is 5.32 Å². The number of hydrogen-bond acceptors (Lipinski definition) is 3. The van der Waals surface area contributed by atoms with Crippen molar-refractivity contribution in [3.63, 3.8) is 0 Å². The van der Waals surface area contributed by atoms with Gasteiger partial charge in [0.05, 0.1) is 12.6 Å². The first kappa shape index (κ1) is 10.5. The Labute approximate surface area is 79.8 Å². The van der Waals surface area contributed by atoms with E-state index in [1.807, 2.05) is 13.8 Å². The Morgan fingerprint density at radius 3 is 2.77 bits per heavy atom.